The largest absolute Gasteiger partial charge is 0.496 e. The molecule has 26 heavy (non-hydrogen) atoms. The Kier molecular flexibility index (Phi) is 3.91. The number of fused-ring (bicyclic) bond motifs is 2. The van der Waals surface area contributed by atoms with Gasteiger partial charge in [0.2, 0.25) is 18.6 Å². The predicted molar refractivity (Wildman–Crippen MR) is 95.0 cm³/mol. The SMILES string of the molecule is COc1cc2c(cc1C1CC(=O)Nc3cc(NC(C)=O)ccc31)OCO2. The molecule has 4 rings (SSSR count). The van der Waals surface area contributed by atoms with Crippen LogP contribution in [0, 0.1) is 0 Å². The van der Waals surface area contributed by atoms with Crippen LogP contribution in [-0.2, 0) is 9.59 Å². The molecule has 0 radical (unpaired) electrons. The maximum absolute atomic E-state index is 12.3. The van der Waals surface area contributed by atoms with E-state index in [1.165, 1.54) is 6.92 Å². The lowest BCUT2D eigenvalue weighted by Crippen LogP contribution is -2.24. The van der Waals surface area contributed by atoms with Crippen molar-refractivity contribution >= 4 is 23.2 Å². The van der Waals surface area contributed by atoms with Crippen LogP contribution >= 0.6 is 0 Å². The summed E-state index contributed by atoms with van der Waals surface area (Å²) in [5.41, 5.74) is 3.13. The minimum Gasteiger partial charge on any atom is -0.496 e. The number of hydrogen-bond acceptors (Lipinski definition) is 5. The number of nitrogens with one attached hydrogen (secondary N) is 2. The lowest BCUT2D eigenvalue weighted by atomic mass is 9.84. The second kappa shape index (κ2) is 6.25. The summed E-state index contributed by atoms with van der Waals surface area (Å²) in [4.78, 5) is 23.6. The van der Waals surface area contributed by atoms with E-state index < -0.39 is 0 Å². The normalized spacial score (nSPS) is 17.3. The van der Waals surface area contributed by atoms with Gasteiger partial charge in [0.1, 0.15) is 5.75 Å². The minimum absolute atomic E-state index is 0.0952. The zero-order valence-electron chi connectivity index (χ0n) is 14.4. The van der Waals surface area contributed by atoms with Crippen LogP contribution < -0.4 is 24.8 Å². The third-order valence-electron chi connectivity index (χ3n) is 4.51. The third kappa shape index (κ3) is 2.81. The van der Waals surface area contributed by atoms with Gasteiger partial charge in [0.05, 0.1) is 7.11 Å². The molecular formula is C19H18N2O5. The summed E-state index contributed by atoms with van der Waals surface area (Å²) in [5.74, 6) is 1.47. The minimum atomic E-state index is -0.186. The molecular weight excluding hydrogens is 336 g/mol. The molecule has 2 aliphatic rings. The number of benzene rings is 2. The van der Waals surface area contributed by atoms with Gasteiger partial charge in [-0.1, -0.05) is 6.07 Å². The fourth-order valence-electron chi connectivity index (χ4n) is 3.41. The van der Waals surface area contributed by atoms with E-state index in [0.29, 0.717) is 35.0 Å². The van der Waals surface area contributed by atoms with Crippen molar-refractivity contribution in [2.75, 3.05) is 24.5 Å². The zero-order chi connectivity index (χ0) is 18.3. The highest BCUT2D eigenvalue weighted by molar-refractivity contribution is 5.97. The number of anilines is 2. The van der Waals surface area contributed by atoms with Gasteiger partial charge in [0.25, 0.3) is 0 Å². The molecule has 0 aliphatic carbocycles. The topological polar surface area (TPSA) is 85.9 Å². The van der Waals surface area contributed by atoms with E-state index in [1.807, 2.05) is 18.2 Å². The molecule has 2 amide bonds. The van der Waals surface area contributed by atoms with Crippen LogP contribution in [0.5, 0.6) is 17.2 Å². The first kappa shape index (κ1) is 16.3. The van der Waals surface area contributed by atoms with Gasteiger partial charge in [0.15, 0.2) is 11.5 Å². The molecule has 2 heterocycles. The van der Waals surface area contributed by atoms with E-state index in [0.717, 1.165) is 11.1 Å². The molecule has 7 heteroatoms. The van der Waals surface area contributed by atoms with Crippen LogP contribution in [0.1, 0.15) is 30.4 Å². The van der Waals surface area contributed by atoms with Crippen LogP contribution in [0.25, 0.3) is 0 Å². The number of hydrogen-bond donors (Lipinski definition) is 2. The standard InChI is InChI=1S/C19H18N2O5/c1-10(22)20-11-3-4-12-13(7-19(23)21-15(12)5-11)14-6-17-18(26-9-25-17)8-16(14)24-2/h3-6,8,13H,7,9H2,1-2H3,(H,20,22)(H,21,23). The van der Waals surface area contributed by atoms with Crippen LogP contribution in [0.15, 0.2) is 30.3 Å². The summed E-state index contributed by atoms with van der Waals surface area (Å²) in [5, 5.41) is 5.61. The lowest BCUT2D eigenvalue weighted by Gasteiger charge is -2.27. The van der Waals surface area contributed by atoms with Gasteiger partial charge in [-0.25, -0.2) is 0 Å². The average Bonchev–Trinajstić information content (AvgIpc) is 3.06. The van der Waals surface area contributed by atoms with Crippen molar-refractivity contribution in [1.29, 1.82) is 0 Å². The zero-order valence-corrected chi connectivity index (χ0v) is 14.4. The molecule has 2 aromatic rings. The Bertz CT molecular complexity index is 909. The van der Waals surface area contributed by atoms with Crippen molar-refractivity contribution in [3.05, 3.63) is 41.5 Å². The number of rotatable bonds is 3. The van der Waals surface area contributed by atoms with Crippen molar-refractivity contribution in [2.24, 2.45) is 0 Å². The van der Waals surface area contributed by atoms with Crippen LogP contribution in [0.4, 0.5) is 11.4 Å². The highest BCUT2D eigenvalue weighted by atomic mass is 16.7. The highest BCUT2D eigenvalue weighted by Gasteiger charge is 2.31. The molecule has 1 unspecified atom stereocenters. The first-order valence-electron chi connectivity index (χ1n) is 8.24. The number of carbonyl (C=O) groups excluding carboxylic acids is 2. The Morgan fingerprint density at radius 3 is 2.69 bits per heavy atom. The molecule has 0 saturated carbocycles. The number of amides is 2. The molecule has 2 aromatic carbocycles. The van der Waals surface area contributed by atoms with Gasteiger partial charge in [0, 0.05) is 42.3 Å². The summed E-state index contributed by atoms with van der Waals surface area (Å²) in [6, 6.07) is 9.16. The summed E-state index contributed by atoms with van der Waals surface area (Å²) in [6.45, 7) is 1.61. The molecule has 0 aromatic heterocycles. The molecule has 2 aliphatic heterocycles. The van der Waals surface area contributed by atoms with E-state index in [1.54, 1.807) is 19.2 Å². The molecule has 0 spiro atoms. The van der Waals surface area contributed by atoms with Crippen LogP contribution in [-0.4, -0.2) is 25.7 Å². The highest BCUT2D eigenvalue weighted by Crippen LogP contribution is 2.46. The fourth-order valence-corrected chi connectivity index (χ4v) is 3.41. The van der Waals surface area contributed by atoms with E-state index in [2.05, 4.69) is 10.6 Å². The van der Waals surface area contributed by atoms with Gasteiger partial charge < -0.3 is 24.8 Å². The van der Waals surface area contributed by atoms with E-state index >= 15 is 0 Å². The van der Waals surface area contributed by atoms with Crippen molar-refractivity contribution in [3.63, 3.8) is 0 Å². The average molecular weight is 354 g/mol. The molecule has 0 fully saturated rings. The predicted octanol–water partition coefficient (Wildman–Crippen LogP) is 2.86. The summed E-state index contributed by atoms with van der Waals surface area (Å²) < 4.78 is 16.4. The number of methoxy groups -OCH3 is 1. The van der Waals surface area contributed by atoms with Crippen molar-refractivity contribution in [1.82, 2.24) is 0 Å². The second-order valence-electron chi connectivity index (χ2n) is 6.24. The monoisotopic (exact) mass is 354 g/mol. The number of ether oxygens (including phenoxy) is 3. The van der Waals surface area contributed by atoms with E-state index in [4.69, 9.17) is 14.2 Å². The Morgan fingerprint density at radius 2 is 1.96 bits per heavy atom. The number of carbonyl (C=O) groups is 2. The summed E-state index contributed by atoms with van der Waals surface area (Å²) in [7, 11) is 1.59. The molecule has 134 valence electrons. The summed E-state index contributed by atoms with van der Waals surface area (Å²) in [6.07, 6.45) is 0.294. The maximum Gasteiger partial charge on any atom is 0.231 e. The van der Waals surface area contributed by atoms with Gasteiger partial charge in [-0.2, -0.15) is 0 Å². The van der Waals surface area contributed by atoms with E-state index in [9.17, 15) is 9.59 Å². The first-order valence-corrected chi connectivity index (χ1v) is 8.24. The first-order chi connectivity index (χ1) is 12.5. The van der Waals surface area contributed by atoms with Crippen molar-refractivity contribution in [3.8, 4) is 17.2 Å². The quantitative estimate of drug-likeness (QED) is 0.885. The van der Waals surface area contributed by atoms with Gasteiger partial charge >= 0.3 is 0 Å². The Labute approximate surface area is 150 Å². The fraction of sp³-hybridized carbons (Fsp3) is 0.263. The molecule has 1 atom stereocenters. The van der Waals surface area contributed by atoms with E-state index in [-0.39, 0.29) is 24.5 Å². The maximum atomic E-state index is 12.3. The van der Waals surface area contributed by atoms with Crippen molar-refractivity contribution < 1.29 is 23.8 Å². The smallest absolute Gasteiger partial charge is 0.231 e. The molecule has 2 N–H and O–H groups in total. The van der Waals surface area contributed by atoms with Gasteiger partial charge in [-0.05, 0) is 23.8 Å². The van der Waals surface area contributed by atoms with Crippen LogP contribution in [0.2, 0.25) is 0 Å². The van der Waals surface area contributed by atoms with Crippen LogP contribution in [0.3, 0.4) is 0 Å². The molecule has 7 nitrogen and oxygen atoms in total. The Balaban J connectivity index is 1.79. The Morgan fingerprint density at radius 1 is 1.19 bits per heavy atom. The van der Waals surface area contributed by atoms with Gasteiger partial charge in [-0.15, -0.1) is 0 Å². The Hall–Kier alpha value is -3.22. The van der Waals surface area contributed by atoms with Gasteiger partial charge in [-0.3, -0.25) is 9.59 Å². The second-order valence-corrected chi connectivity index (χ2v) is 6.24. The molecule has 0 saturated heterocycles. The summed E-state index contributed by atoms with van der Waals surface area (Å²) >= 11 is 0. The third-order valence-corrected chi connectivity index (χ3v) is 4.51. The van der Waals surface area contributed by atoms with Crippen molar-refractivity contribution in [2.45, 2.75) is 19.3 Å². The lowest BCUT2D eigenvalue weighted by molar-refractivity contribution is -0.116. The molecule has 0 bridgehead atoms.